The zero-order valence-electron chi connectivity index (χ0n) is 11.4. The maximum atomic E-state index is 11.9. The van der Waals surface area contributed by atoms with Crippen molar-refractivity contribution in [1.29, 1.82) is 0 Å². The lowest BCUT2D eigenvalue weighted by atomic mass is 10.3. The third kappa shape index (κ3) is 3.32. The van der Waals surface area contributed by atoms with Crippen LogP contribution in [0, 0.1) is 0 Å². The van der Waals surface area contributed by atoms with Crippen LogP contribution in [0.4, 0.5) is 11.5 Å². The average molecular weight is 285 g/mol. The second-order valence-electron chi connectivity index (χ2n) is 4.55. The monoisotopic (exact) mass is 285 g/mol. The smallest absolute Gasteiger partial charge is 0.277 e. The van der Waals surface area contributed by atoms with Gasteiger partial charge in [-0.05, 0) is 12.1 Å². The van der Waals surface area contributed by atoms with Crippen LogP contribution in [-0.2, 0) is 4.74 Å². The molecule has 1 saturated heterocycles. The van der Waals surface area contributed by atoms with Crippen LogP contribution >= 0.6 is 0 Å². The molecule has 7 heteroatoms. The van der Waals surface area contributed by atoms with E-state index in [1.54, 1.807) is 12.3 Å². The quantitative estimate of drug-likeness (QED) is 0.904. The van der Waals surface area contributed by atoms with Gasteiger partial charge in [0.05, 0.1) is 31.3 Å². The van der Waals surface area contributed by atoms with Crippen LogP contribution in [0.2, 0.25) is 0 Å². The van der Waals surface area contributed by atoms with E-state index in [0.717, 1.165) is 32.0 Å². The molecule has 1 aliphatic heterocycles. The minimum atomic E-state index is -0.324. The molecule has 0 spiro atoms. The van der Waals surface area contributed by atoms with Crippen molar-refractivity contribution in [2.75, 3.05) is 36.5 Å². The summed E-state index contributed by atoms with van der Waals surface area (Å²) in [6.45, 7) is 3.16. The van der Waals surface area contributed by atoms with Gasteiger partial charge in [0, 0.05) is 25.5 Å². The second kappa shape index (κ2) is 6.27. The summed E-state index contributed by atoms with van der Waals surface area (Å²) in [4.78, 5) is 26.2. The highest BCUT2D eigenvalue weighted by Crippen LogP contribution is 2.16. The lowest BCUT2D eigenvalue weighted by Gasteiger charge is -2.28. The molecule has 0 aromatic carbocycles. The fourth-order valence-electron chi connectivity index (χ4n) is 2.07. The van der Waals surface area contributed by atoms with Gasteiger partial charge in [0.25, 0.3) is 5.91 Å². The third-order valence-electron chi connectivity index (χ3n) is 3.16. The van der Waals surface area contributed by atoms with E-state index < -0.39 is 0 Å². The molecule has 0 atom stereocenters. The highest BCUT2D eigenvalue weighted by Gasteiger charge is 2.12. The topological polar surface area (TPSA) is 80.2 Å². The summed E-state index contributed by atoms with van der Waals surface area (Å²) >= 11 is 0. The number of morpholine rings is 1. The van der Waals surface area contributed by atoms with Crippen molar-refractivity contribution in [2.45, 2.75) is 0 Å². The average Bonchev–Trinajstić information content (AvgIpc) is 2.57. The number of nitrogens with one attached hydrogen (secondary N) is 1. The number of rotatable bonds is 3. The Morgan fingerprint density at radius 3 is 2.67 bits per heavy atom. The van der Waals surface area contributed by atoms with Crippen LogP contribution in [0.1, 0.15) is 10.5 Å². The maximum Gasteiger partial charge on any atom is 0.277 e. The van der Waals surface area contributed by atoms with E-state index in [1.807, 2.05) is 6.07 Å². The van der Waals surface area contributed by atoms with Gasteiger partial charge in [-0.3, -0.25) is 9.78 Å². The molecule has 7 nitrogen and oxygen atoms in total. The molecule has 1 amide bonds. The van der Waals surface area contributed by atoms with Gasteiger partial charge in [-0.2, -0.15) is 0 Å². The van der Waals surface area contributed by atoms with Crippen molar-refractivity contribution in [2.24, 2.45) is 0 Å². The van der Waals surface area contributed by atoms with Crippen LogP contribution < -0.4 is 10.2 Å². The predicted molar refractivity (Wildman–Crippen MR) is 77.3 cm³/mol. The van der Waals surface area contributed by atoms with Gasteiger partial charge in [0.1, 0.15) is 11.5 Å². The van der Waals surface area contributed by atoms with Crippen LogP contribution in [0.25, 0.3) is 0 Å². The molecular weight excluding hydrogens is 270 g/mol. The van der Waals surface area contributed by atoms with E-state index >= 15 is 0 Å². The number of anilines is 2. The van der Waals surface area contributed by atoms with Crippen LogP contribution in [-0.4, -0.2) is 47.2 Å². The molecule has 0 aliphatic carbocycles. The van der Waals surface area contributed by atoms with Crippen molar-refractivity contribution in [3.63, 3.8) is 0 Å². The first-order chi connectivity index (χ1) is 10.3. The van der Waals surface area contributed by atoms with E-state index in [0.29, 0.717) is 5.82 Å². The number of hydrogen-bond acceptors (Lipinski definition) is 6. The first-order valence-corrected chi connectivity index (χ1v) is 6.69. The summed E-state index contributed by atoms with van der Waals surface area (Å²) in [5, 5.41) is 2.69. The summed E-state index contributed by atoms with van der Waals surface area (Å²) in [6, 6.07) is 3.71. The Morgan fingerprint density at radius 1 is 1.14 bits per heavy atom. The normalized spacial score (nSPS) is 14.8. The molecule has 1 N–H and O–H groups in total. The highest BCUT2D eigenvalue weighted by atomic mass is 16.5. The Morgan fingerprint density at radius 2 is 2.00 bits per heavy atom. The summed E-state index contributed by atoms with van der Waals surface area (Å²) in [7, 11) is 0. The first-order valence-electron chi connectivity index (χ1n) is 6.69. The molecule has 3 heterocycles. The summed E-state index contributed by atoms with van der Waals surface area (Å²) < 4.78 is 5.31. The van der Waals surface area contributed by atoms with Gasteiger partial charge < -0.3 is 15.0 Å². The number of amides is 1. The van der Waals surface area contributed by atoms with E-state index in [2.05, 4.69) is 25.2 Å². The van der Waals surface area contributed by atoms with Crippen LogP contribution in [0.5, 0.6) is 0 Å². The number of pyridine rings is 1. The fourth-order valence-corrected chi connectivity index (χ4v) is 2.07. The first kappa shape index (κ1) is 13.4. The molecule has 0 saturated carbocycles. The van der Waals surface area contributed by atoms with E-state index in [1.165, 1.54) is 18.6 Å². The standard InChI is InChI=1S/C14H15N5O2/c20-14(12-10-15-3-4-16-12)18-13-2-1-11(9-17-13)19-5-7-21-8-6-19/h1-4,9-10H,5-8H2,(H,17,18,20). The lowest BCUT2D eigenvalue weighted by Crippen LogP contribution is -2.36. The molecule has 108 valence electrons. The van der Waals surface area contributed by atoms with Gasteiger partial charge in [0.2, 0.25) is 0 Å². The van der Waals surface area contributed by atoms with E-state index in [-0.39, 0.29) is 11.6 Å². The molecule has 0 bridgehead atoms. The third-order valence-corrected chi connectivity index (χ3v) is 3.16. The van der Waals surface area contributed by atoms with Gasteiger partial charge in [-0.25, -0.2) is 9.97 Å². The van der Waals surface area contributed by atoms with Crippen LogP contribution in [0.15, 0.2) is 36.9 Å². The molecule has 0 radical (unpaired) electrons. The minimum Gasteiger partial charge on any atom is -0.378 e. The Kier molecular flexibility index (Phi) is 4.02. The van der Waals surface area contributed by atoms with Gasteiger partial charge in [-0.1, -0.05) is 0 Å². The summed E-state index contributed by atoms with van der Waals surface area (Å²) in [5.41, 5.74) is 1.28. The summed E-state index contributed by atoms with van der Waals surface area (Å²) in [5.74, 6) is 0.164. The van der Waals surface area contributed by atoms with E-state index in [4.69, 9.17) is 4.74 Å². The minimum absolute atomic E-state index is 0.261. The molecule has 21 heavy (non-hydrogen) atoms. The van der Waals surface area contributed by atoms with Crippen LogP contribution in [0.3, 0.4) is 0 Å². The fraction of sp³-hybridized carbons (Fsp3) is 0.286. The second-order valence-corrected chi connectivity index (χ2v) is 4.55. The van der Waals surface area contributed by atoms with E-state index in [9.17, 15) is 4.79 Å². The Bertz CT molecular complexity index is 597. The number of nitrogens with zero attached hydrogens (tertiary/aromatic N) is 4. The Labute approximate surface area is 122 Å². The molecule has 3 rings (SSSR count). The predicted octanol–water partition coefficient (Wildman–Crippen LogP) is 0.960. The van der Waals surface area contributed by atoms with Crippen molar-refractivity contribution in [3.05, 3.63) is 42.6 Å². The molecule has 1 fully saturated rings. The number of carbonyl (C=O) groups excluding carboxylic acids is 1. The molecular formula is C14H15N5O2. The van der Waals surface area contributed by atoms with Crippen molar-refractivity contribution in [1.82, 2.24) is 15.0 Å². The SMILES string of the molecule is O=C(Nc1ccc(N2CCOCC2)cn1)c1cnccn1. The molecule has 1 aliphatic rings. The molecule has 0 unspecified atom stereocenters. The highest BCUT2D eigenvalue weighted by molar-refractivity contribution is 6.02. The molecule has 2 aromatic rings. The van der Waals surface area contributed by atoms with Gasteiger partial charge >= 0.3 is 0 Å². The zero-order valence-corrected chi connectivity index (χ0v) is 11.4. The largest absolute Gasteiger partial charge is 0.378 e. The van der Waals surface area contributed by atoms with Crippen molar-refractivity contribution < 1.29 is 9.53 Å². The van der Waals surface area contributed by atoms with Gasteiger partial charge in [0.15, 0.2) is 0 Å². The van der Waals surface area contributed by atoms with Crippen molar-refractivity contribution in [3.8, 4) is 0 Å². The lowest BCUT2D eigenvalue weighted by molar-refractivity contribution is 0.102. The van der Waals surface area contributed by atoms with Gasteiger partial charge in [-0.15, -0.1) is 0 Å². The Balaban J connectivity index is 1.65. The van der Waals surface area contributed by atoms with Crippen molar-refractivity contribution >= 4 is 17.4 Å². The maximum absolute atomic E-state index is 11.9. The Hall–Kier alpha value is -2.54. The summed E-state index contributed by atoms with van der Waals surface area (Å²) in [6.07, 6.45) is 6.16. The molecule has 2 aromatic heterocycles. The number of hydrogen-bond donors (Lipinski definition) is 1. The number of aromatic nitrogens is 3. The number of ether oxygens (including phenoxy) is 1. The number of carbonyl (C=O) groups is 1. The zero-order chi connectivity index (χ0) is 14.5.